The van der Waals surface area contributed by atoms with E-state index in [0.29, 0.717) is 5.92 Å². The SMILES string of the molecule is C[Si](C)c1ccccc1C1C=Cc2ccccc21. The summed E-state index contributed by atoms with van der Waals surface area (Å²) in [7, 11) is -0.414. The highest BCUT2D eigenvalue weighted by atomic mass is 28.3. The molecule has 0 amide bonds. The van der Waals surface area contributed by atoms with E-state index in [2.05, 4.69) is 73.8 Å². The Labute approximate surface area is 111 Å². The van der Waals surface area contributed by atoms with E-state index in [1.54, 1.807) is 5.19 Å². The van der Waals surface area contributed by atoms with Crippen LogP contribution < -0.4 is 5.19 Å². The number of hydrogen-bond acceptors (Lipinski definition) is 0. The van der Waals surface area contributed by atoms with Crippen molar-refractivity contribution >= 4 is 20.1 Å². The van der Waals surface area contributed by atoms with Crippen LogP contribution >= 0.6 is 0 Å². The Balaban J connectivity index is 2.11. The van der Waals surface area contributed by atoms with E-state index in [4.69, 9.17) is 0 Å². The first kappa shape index (κ1) is 11.5. The van der Waals surface area contributed by atoms with Gasteiger partial charge in [-0.1, -0.05) is 79.0 Å². The van der Waals surface area contributed by atoms with E-state index in [0.717, 1.165) is 0 Å². The Morgan fingerprint density at radius 3 is 2.28 bits per heavy atom. The molecule has 0 spiro atoms. The molecule has 0 bridgehead atoms. The molecule has 18 heavy (non-hydrogen) atoms. The van der Waals surface area contributed by atoms with Crippen LogP contribution in [0.15, 0.2) is 54.6 Å². The number of rotatable bonds is 2. The second kappa shape index (κ2) is 4.58. The van der Waals surface area contributed by atoms with Crippen LogP contribution in [0.25, 0.3) is 6.08 Å². The van der Waals surface area contributed by atoms with Crippen molar-refractivity contribution in [1.29, 1.82) is 0 Å². The summed E-state index contributed by atoms with van der Waals surface area (Å²) in [6.07, 6.45) is 4.60. The fourth-order valence-corrected chi connectivity index (χ4v) is 3.99. The van der Waals surface area contributed by atoms with Gasteiger partial charge >= 0.3 is 0 Å². The van der Waals surface area contributed by atoms with E-state index in [9.17, 15) is 0 Å². The molecular formula is C17H17Si. The molecule has 0 saturated carbocycles. The lowest BCUT2D eigenvalue weighted by Crippen LogP contribution is -2.27. The van der Waals surface area contributed by atoms with Crippen LogP contribution in [0.5, 0.6) is 0 Å². The van der Waals surface area contributed by atoms with Gasteiger partial charge in [-0.15, -0.1) is 0 Å². The van der Waals surface area contributed by atoms with Crippen molar-refractivity contribution < 1.29 is 0 Å². The van der Waals surface area contributed by atoms with Gasteiger partial charge in [-0.2, -0.15) is 0 Å². The molecule has 0 nitrogen and oxygen atoms in total. The topological polar surface area (TPSA) is 0 Å². The molecule has 0 heterocycles. The third-order valence-corrected chi connectivity index (χ3v) is 5.17. The van der Waals surface area contributed by atoms with Crippen molar-refractivity contribution in [2.45, 2.75) is 19.0 Å². The summed E-state index contributed by atoms with van der Waals surface area (Å²) in [6.45, 7) is 4.74. The fraction of sp³-hybridized carbons (Fsp3) is 0.176. The van der Waals surface area contributed by atoms with Crippen molar-refractivity contribution in [3.05, 3.63) is 71.3 Å². The first-order valence-corrected chi connectivity index (χ1v) is 8.94. The summed E-state index contributed by atoms with van der Waals surface area (Å²) in [5.74, 6) is 0.456. The predicted octanol–water partition coefficient (Wildman–Crippen LogP) is 3.81. The average Bonchev–Trinajstić information content (AvgIpc) is 2.82. The largest absolute Gasteiger partial charge is 0.0795 e. The highest BCUT2D eigenvalue weighted by molar-refractivity contribution is 6.71. The first-order valence-electron chi connectivity index (χ1n) is 6.44. The van der Waals surface area contributed by atoms with Crippen LogP contribution in [0, 0.1) is 0 Å². The Morgan fingerprint density at radius 2 is 1.50 bits per heavy atom. The second-order valence-electron chi connectivity index (χ2n) is 5.05. The zero-order valence-corrected chi connectivity index (χ0v) is 11.9. The number of fused-ring (bicyclic) bond motifs is 1. The molecule has 1 aliphatic carbocycles. The van der Waals surface area contributed by atoms with Gasteiger partial charge in [0.05, 0.1) is 8.80 Å². The lowest BCUT2D eigenvalue weighted by atomic mass is 9.93. The Morgan fingerprint density at radius 1 is 0.833 bits per heavy atom. The van der Waals surface area contributed by atoms with Gasteiger partial charge in [-0.25, -0.2) is 0 Å². The first-order chi connectivity index (χ1) is 8.77. The number of hydrogen-bond donors (Lipinski definition) is 0. The Bertz CT molecular complexity index is 596. The highest BCUT2D eigenvalue weighted by Crippen LogP contribution is 2.34. The highest BCUT2D eigenvalue weighted by Gasteiger charge is 2.21. The van der Waals surface area contributed by atoms with E-state index < -0.39 is 8.80 Å². The fourth-order valence-electron chi connectivity index (χ4n) is 2.74. The van der Waals surface area contributed by atoms with Crippen LogP contribution in [0.4, 0.5) is 0 Å². The summed E-state index contributed by atoms with van der Waals surface area (Å²) < 4.78 is 0. The van der Waals surface area contributed by atoms with E-state index >= 15 is 0 Å². The van der Waals surface area contributed by atoms with E-state index in [-0.39, 0.29) is 0 Å². The van der Waals surface area contributed by atoms with Crippen molar-refractivity contribution in [3.8, 4) is 0 Å². The monoisotopic (exact) mass is 249 g/mol. The average molecular weight is 249 g/mol. The third-order valence-electron chi connectivity index (χ3n) is 3.63. The third kappa shape index (κ3) is 1.85. The molecule has 0 saturated heterocycles. The Hall–Kier alpha value is -1.60. The molecule has 1 radical (unpaired) electrons. The summed E-state index contributed by atoms with van der Waals surface area (Å²) in [6, 6.07) is 17.7. The van der Waals surface area contributed by atoms with Gasteiger partial charge < -0.3 is 0 Å². The molecule has 1 aliphatic rings. The maximum Gasteiger partial charge on any atom is 0.0795 e. The van der Waals surface area contributed by atoms with Gasteiger partial charge in [-0.3, -0.25) is 0 Å². The summed E-state index contributed by atoms with van der Waals surface area (Å²) in [5.41, 5.74) is 4.32. The molecule has 2 aromatic carbocycles. The van der Waals surface area contributed by atoms with Gasteiger partial charge in [0.2, 0.25) is 0 Å². The van der Waals surface area contributed by atoms with Crippen LogP contribution in [0.3, 0.4) is 0 Å². The number of allylic oxidation sites excluding steroid dienone is 1. The van der Waals surface area contributed by atoms with Crippen LogP contribution in [0.1, 0.15) is 22.6 Å². The van der Waals surface area contributed by atoms with Crippen molar-refractivity contribution in [3.63, 3.8) is 0 Å². The second-order valence-corrected chi connectivity index (χ2v) is 7.59. The van der Waals surface area contributed by atoms with Crippen LogP contribution in [-0.2, 0) is 0 Å². The molecule has 0 fully saturated rings. The Kier molecular flexibility index (Phi) is 2.92. The standard InChI is InChI=1S/C17H17Si/c1-18(2)17-10-6-5-9-16(17)15-12-11-13-7-3-4-8-14(13)15/h3-12,15H,1-2H3. The van der Waals surface area contributed by atoms with Crippen molar-refractivity contribution in [1.82, 2.24) is 0 Å². The molecule has 0 N–H and O–H groups in total. The summed E-state index contributed by atoms with van der Waals surface area (Å²) in [4.78, 5) is 0. The quantitative estimate of drug-likeness (QED) is 0.710. The molecule has 2 aromatic rings. The molecule has 0 aromatic heterocycles. The van der Waals surface area contributed by atoms with Crippen LogP contribution in [-0.4, -0.2) is 8.80 Å². The lowest BCUT2D eigenvalue weighted by molar-refractivity contribution is 1.06. The molecule has 1 atom stereocenters. The van der Waals surface area contributed by atoms with Gasteiger partial charge in [0, 0.05) is 5.92 Å². The zero-order chi connectivity index (χ0) is 12.5. The van der Waals surface area contributed by atoms with Gasteiger partial charge in [0.25, 0.3) is 0 Å². The van der Waals surface area contributed by atoms with Crippen molar-refractivity contribution in [2.24, 2.45) is 0 Å². The van der Waals surface area contributed by atoms with Gasteiger partial charge in [-0.05, 0) is 16.7 Å². The molecule has 1 unspecified atom stereocenters. The predicted molar refractivity (Wildman–Crippen MR) is 80.9 cm³/mol. The number of benzene rings is 2. The molecule has 89 valence electrons. The summed E-state index contributed by atoms with van der Waals surface area (Å²) in [5, 5.41) is 1.56. The maximum absolute atomic E-state index is 2.37. The van der Waals surface area contributed by atoms with Crippen LogP contribution in [0.2, 0.25) is 13.1 Å². The van der Waals surface area contributed by atoms with Gasteiger partial charge in [0.1, 0.15) is 0 Å². The molecular weight excluding hydrogens is 232 g/mol. The minimum atomic E-state index is -0.414. The molecule has 0 aliphatic heterocycles. The minimum absolute atomic E-state index is 0.414. The minimum Gasteiger partial charge on any atom is -0.0720 e. The lowest BCUT2D eigenvalue weighted by Gasteiger charge is -2.17. The molecule has 1 heteroatoms. The smallest absolute Gasteiger partial charge is 0.0720 e. The van der Waals surface area contributed by atoms with Gasteiger partial charge in [0.15, 0.2) is 0 Å². The molecule has 3 rings (SSSR count). The van der Waals surface area contributed by atoms with Crippen molar-refractivity contribution in [2.75, 3.05) is 0 Å². The zero-order valence-electron chi connectivity index (χ0n) is 10.9. The maximum atomic E-state index is 2.37. The van der Waals surface area contributed by atoms with E-state index in [1.807, 2.05) is 0 Å². The van der Waals surface area contributed by atoms with E-state index in [1.165, 1.54) is 16.7 Å². The summed E-state index contributed by atoms with van der Waals surface area (Å²) >= 11 is 0. The normalized spacial score (nSPS) is 17.2.